The summed E-state index contributed by atoms with van der Waals surface area (Å²) in [6.07, 6.45) is 0. The second kappa shape index (κ2) is 8.46. The molecule has 1 aromatic rings. The minimum absolute atomic E-state index is 0.0139. The van der Waals surface area contributed by atoms with Gasteiger partial charge in [-0.2, -0.15) is 0 Å². The van der Waals surface area contributed by atoms with Gasteiger partial charge in [0.05, 0.1) is 12.6 Å². The zero-order valence-corrected chi connectivity index (χ0v) is 13.1. The Morgan fingerprint density at radius 2 is 2.14 bits per heavy atom. The van der Waals surface area contributed by atoms with Crippen LogP contribution in [0.2, 0.25) is 0 Å². The van der Waals surface area contributed by atoms with Crippen LogP contribution in [0.1, 0.15) is 35.3 Å². The Bertz CT molecular complexity index is 543. The van der Waals surface area contributed by atoms with Crippen LogP contribution in [0.15, 0.2) is 18.2 Å². The third kappa shape index (κ3) is 4.89. The van der Waals surface area contributed by atoms with Crippen LogP contribution in [0.3, 0.4) is 0 Å². The molecular weight excluding hydrogens is 266 g/mol. The number of nitrogens with zero attached hydrogens (tertiary/aromatic N) is 1. The number of aliphatic hydroxyl groups is 1. The van der Waals surface area contributed by atoms with E-state index in [1.807, 2.05) is 32.9 Å². The van der Waals surface area contributed by atoms with E-state index in [1.165, 1.54) is 0 Å². The first-order valence-corrected chi connectivity index (χ1v) is 7.04. The van der Waals surface area contributed by atoms with Crippen LogP contribution in [0, 0.1) is 18.8 Å². The number of benzene rings is 1. The fourth-order valence-electron chi connectivity index (χ4n) is 2.27. The molecule has 0 aliphatic carbocycles. The van der Waals surface area contributed by atoms with Crippen molar-refractivity contribution in [3.63, 3.8) is 0 Å². The molecule has 1 rings (SSSR count). The maximum Gasteiger partial charge on any atom is 0.254 e. The van der Waals surface area contributed by atoms with Crippen molar-refractivity contribution in [3.8, 4) is 11.8 Å². The summed E-state index contributed by atoms with van der Waals surface area (Å²) in [6.45, 7) is 6.77. The van der Waals surface area contributed by atoms with Gasteiger partial charge in [-0.1, -0.05) is 11.8 Å². The van der Waals surface area contributed by atoms with Gasteiger partial charge in [0.1, 0.15) is 6.61 Å². The van der Waals surface area contributed by atoms with Crippen molar-refractivity contribution < 1.29 is 14.6 Å². The number of ether oxygens (including phenoxy) is 1. The Morgan fingerprint density at radius 1 is 1.43 bits per heavy atom. The molecule has 0 bridgehead atoms. The molecule has 0 heterocycles. The largest absolute Gasteiger partial charge is 0.384 e. The second-order valence-corrected chi connectivity index (χ2v) is 4.94. The number of likely N-dealkylation sites (N-methyl/N-ethyl adjacent to an activating group) is 1. The first-order chi connectivity index (χ1) is 10.0. The Labute approximate surface area is 126 Å². The Hall–Kier alpha value is -1.83. The smallest absolute Gasteiger partial charge is 0.254 e. The van der Waals surface area contributed by atoms with Crippen molar-refractivity contribution in [2.45, 2.75) is 26.8 Å². The zero-order valence-electron chi connectivity index (χ0n) is 13.1. The van der Waals surface area contributed by atoms with E-state index in [0.717, 1.165) is 11.1 Å². The van der Waals surface area contributed by atoms with Gasteiger partial charge in [0, 0.05) is 24.8 Å². The normalized spacial score (nSPS) is 11.5. The van der Waals surface area contributed by atoms with Gasteiger partial charge < -0.3 is 14.7 Å². The standard InChI is InChI=1S/C17H23NO3/c1-5-18(14(3)12-21-4)17(20)16-10-13(2)9-15(11-16)7-6-8-19/h9-11,14,19H,5,8,12H2,1-4H3. The lowest BCUT2D eigenvalue weighted by Crippen LogP contribution is -2.41. The van der Waals surface area contributed by atoms with Crippen LogP contribution in [-0.4, -0.2) is 48.8 Å². The number of aryl methyl sites for hydroxylation is 1. The molecule has 1 amide bonds. The van der Waals surface area contributed by atoms with E-state index in [4.69, 9.17) is 9.84 Å². The number of aliphatic hydroxyl groups excluding tert-OH is 1. The topological polar surface area (TPSA) is 49.8 Å². The molecule has 114 valence electrons. The highest BCUT2D eigenvalue weighted by molar-refractivity contribution is 5.95. The fourth-order valence-corrected chi connectivity index (χ4v) is 2.27. The van der Waals surface area contributed by atoms with Gasteiger partial charge in [-0.25, -0.2) is 0 Å². The molecule has 0 spiro atoms. The van der Waals surface area contributed by atoms with E-state index in [1.54, 1.807) is 18.1 Å². The van der Waals surface area contributed by atoms with Crippen LogP contribution < -0.4 is 0 Å². The van der Waals surface area contributed by atoms with Crippen molar-refractivity contribution in [1.82, 2.24) is 4.90 Å². The summed E-state index contributed by atoms with van der Waals surface area (Å²) in [5, 5.41) is 8.77. The summed E-state index contributed by atoms with van der Waals surface area (Å²) in [6, 6.07) is 5.53. The van der Waals surface area contributed by atoms with Crippen molar-refractivity contribution >= 4 is 5.91 Å². The van der Waals surface area contributed by atoms with E-state index in [-0.39, 0.29) is 18.6 Å². The van der Waals surface area contributed by atoms with E-state index in [0.29, 0.717) is 18.7 Å². The van der Waals surface area contributed by atoms with Gasteiger partial charge in [-0.15, -0.1) is 0 Å². The molecule has 21 heavy (non-hydrogen) atoms. The molecule has 0 fully saturated rings. The summed E-state index contributed by atoms with van der Waals surface area (Å²) < 4.78 is 5.13. The Kier molecular flexibility index (Phi) is 6.93. The molecule has 4 heteroatoms. The predicted molar refractivity (Wildman–Crippen MR) is 83.2 cm³/mol. The quantitative estimate of drug-likeness (QED) is 0.841. The van der Waals surface area contributed by atoms with Gasteiger partial charge >= 0.3 is 0 Å². The molecule has 0 radical (unpaired) electrons. The number of rotatable bonds is 5. The Balaban J connectivity index is 3.07. The highest BCUT2D eigenvalue weighted by Gasteiger charge is 2.20. The van der Waals surface area contributed by atoms with Crippen LogP contribution in [0.25, 0.3) is 0 Å². The monoisotopic (exact) mass is 289 g/mol. The molecule has 0 saturated carbocycles. The van der Waals surface area contributed by atoms with Crippen LogP contribution >= 0.6 is 0 Å². The van der Waals surface area contributed by atoms with Gasteiger partial charge in [0.15, 0.2) is 0 Å². The molecule has 0 saturated heterocycles. The highest BCUT2D eigenvalue weighted by atomic mass is 16.5. The van der Waals surface area contributed by atoms with E-state index < -0.39 is 0 Å². The van der Waals surface area contributed by atoms with Crippen molar-refractivity contribution in [2.24, 2.45) is 0 Å². The number of amides is 1. The number of carbonyl (C=O) groups is 1. The van der Waals surface area contributed by atoms with Crippen LogP contribution in [-0.2, 0) is 4.74 Å². The lowest BCUT2D eigenvalue weighted by atomic mass is 10.0. The number of carbonyl (C=O) groups excluding carboxylic acids is 1. The Morgan fingerprint density at radius 3 is 2.71 bits per heavy atom. The van der Waals surface area contributed by atoms with Gasteiger partial charge in [-0.3, -0.25) is 4.79 Å². The van der Waals surface area contributed by atoms with Gasteiger partial charge in [-0.05, 0) is 44.5 Å². The molecule has 0 aliphatic heterocycles. The van der Waals surface area contributed by atoms with Crippen molar-refractivity contribution in [2.75, 3.05) is 26.9 Å². The molecular formula is C17H23NO3. The third-order valence-electron chi connectivity index (χ3n) is 3.18. The predicted octanol–water partition coefficient (Wildman–Crippen LogP) is 1.84. The molecule has 1 atom stereocenters. The number of hydrogen-bond acceptors (Lipinski definition) is 3. The second-order valence-electron chi connectivity index (χ2n) is 4.94. The zero-order chi connectivity index (χ0) is 15.8. The minimum atomic E-state index is -0.191. The van der Waals surface area contributed by atoms with E-state index in [2.05, 4.69) is 11.8 Å². The minimum Gasteiger partial charge on any atom is -0.384 e. The molecule has 1 N–H and O–H groups in total. The van der Waals surface area contributed by atoms with Gasteiger partial charge in [0.2, 0.25) is 0 Å². The summed E-state index contributed by atoms with van der Waals surface area (Å²) in [7, 11) is 1.63. The van der Waals surface area contributed by atoms with Crippen molar-refractivity contribution in [3.05, 3.63) is 34.9 Å². The lowest BCUT2D eigenvalue weighted by molar-refractivity contribution is 0.0579. The van der Waals surface area contributed by atoms with Crippen LogP contribution in [0.4, 0.5) is 0 Å². The molecule has 0 aliphatic rings. The number of methoxy groups -OCH3 is 1. The highest BCUT2D eigenvalue weighted by Crippen LogP contribution is 2.13. The van der Waals surface area contributed by atoms with Crippen LogP contribution in [0.5, 0.6) is 0 Å². The maximum atomic E-state index is 12.6. The first-order valence-electron chi connectivity index (χ1n) is 7.04. The maximum absolute atomic E-state index is 12.6. The summed E-state index contributed by atoms with van der Waals surface area (Å²) >= 11 is 0. The number of hydrogen-bond donors (Lipinski definition) is 1. The molecule has 1 aromatic carbocycles. The average Bonchev–Trinajstić information content (AvgIpc) is 2.45. The SMILES string of the molecule is CCN(C(=O)c1cc(C)cc(C#CCO)c1)C(C)COC. The molecule has 1 unspecified atom stereocenters. The average molecular weight is 289 g/mol. The van der Waals surface area contributed by atoms with Crippen molar-refractivity contribution in [1.29, 1.82) is 0 Å². The summed E-state index contributed by atoms with van der Waals surface area (Å²) in [5.74, 6) is 5.42. The molecule has 4 nitrogen and oxygen atoms in total. The first kappa shape index (κ1) is 17.2. The molecule has 0 aromatic heterocycles. The fraction of sp³-hybridized carbons (Fsp3) is 0.471. The summed E-state index contributed by atoms with van der Waals surface area (Å²) in [5.41, 5.74) is 2.32. The van der Waals surface area contributed by atoms with Gasteiger partial charge in [0.25, 0.3) is 5.91 Å². The van der Waals surface area contributed by atoms with E-state index in [9.17, 15) is 4.79 Å². The van der Waals surface area contributed by atoms with E-state index >= 15 is 0 Å². The summed E-state index contributed by atoms with van der Waals surface area (Å²) in [4.78, 5) is 14.4. The third-order valence-corrected chi connectivity index (χ3v) is 3.18. The lowest BCUT2D eigenvalue weighted by Gasteiger charge is -2.27.